The van der Waals surface area contributed by atoms with Gasteiger partial charge >= 0.3 is 0 Å². The van der Waals surface area contributed by atoms with Crippen molar-refractivity contribution in [2.75, 3.05) is 36.5 Å². The number of pyridine rings is 1. The molecule has 0 spiro atoms. The van der Waals surface area contributed by atoms with E-state index in [1.54, 1.807) is 6.33 Å². The zero-order valence-electron chi connectivity index (χ0n) is 19.2. The molecule has 170 valence electrons. The van der Waals surface area contributed by atoms with Gasteiger partial charge in [0.25, 0.3) is 0 Å². The Morgan fingerprint density at radius 2 is 1.91 bits per heavy atom. The molecule has 0 aromatic carbocycles. The molecule has 2 aliphatic rings. The first kappa shape index (κ1) is 21.2. The van der Waals surface area contributed by atoms with Crippen LogP contribution in [0.1, 0.15) is 49.4 Å². The molecule has 8 heteroatoms. The maximum atomic E-state index is 5.56. The smallest absolute Gasteiger partial charge is 0.143 e. The first-order valence-electron chi connectivity index (χ1n) is 11.7. The first-order valence-corrected chi connectivity index (χ1v) is 11.7. The van der Waals surface area contributed by atoms with Gasteiger partial charge in [-0.25, -0.2) is 15.0 Å². The van der Waals surface area contributed by atoms with Crippen LogP contribution in [0.25, 0.3) is 11.0 Å². The van der Waals surface area contributed by atoms with E-state index < -0.39 is 0 Å². The molecule has 5 rings (SSSR count). The number of fused-ring (bicyclic) bond motifs is 1. The van der Waals surface area contributed by atoms with Crippen LogP contribution in [-0.2, 0) is 11.3 Å². The van der Waals surface area contributed by atoms with Gasteiger partial charge in [-0.15, -0.1) is 0 Å². The number of rotatable bonds is 5. The molecule has 3 N–H and O–H groups in total. The third-order valence-corrected chi connectivity index (χ3v) is 6.65. The first-order chi connectivity index (χ1) is 15.6. The number of anilines is 2. The number of aromatic nitrogens is 4. The van der Waals surface area contributed by atoms with Crippen LogP contribution in [0.4, 0.5) is 11.6 Å². The molecule has 0 unspecified atom stereocenters. The third kappa shape index (κ3) is 4.29. The summed E-state index contributed by atoms with van der Waals surface area (Å²) in [6, 6.07) is 5.22. The second kappa shape index (κ2) is 9.03. The summed E-state index contributed by atoms with van der Waals surface area (Å²) in [6.07, 6.45) is 5.78. The Hall–Kier alpha value is -2.71. The molecule has 2 aliphatic heterocycles. The average molecular weight is 436 g/mol. The third-order valence-electron chi connectivity index (χ3n) is 6.65. The van der Waals surface area contributed by atoms with Crippen LogP contribution >= 0.6 is 0 Å². The zero-order valence-corrected chi connectivity index (χ0v) is 19.2. The summed E-state index contributed by atoms with van der Waals surface area (Å²) in [7, 11) is 0. The molecule has 0 saturated carbocycles. The summed E-state index contributed by atoms with van der Waals surface area (Å²) in [4.78, 5) is 19.8. The number of nitrogens with zero attached hydrogens (tertiary/aromatic N) is 4. The van der Waals surface area contributed by atoms with Gasteiger partial charge in [0.15, 0.2) is 0 Å². The van der Waals surface area contributed by atoms with Gasteiger partial charge in [-0.2, -0.15) is 0 Å². The van der Waals surface area contributed by atoms with Crippen LogP contribution in [-0.4, -0.2) is 58.3 Å². The molecular formula is C24H33N7O. The number of H-pyrrole nitrogens is 1. The summed E-state index contributed by atoms with van der Waals surface area (Å²) in [5.41, 5.74) is 4.40. The Labute approximate surface area is 189 Å². The predicted molar refractivity (Wildman–Crippen MR) is 127 cm³/mol. The lowest BCUT2D eigenvalue weighted by Gasteiger charge is -2.37. The average Bonchev–Trinajstić information content (AvgIpc) is 3.23. The predicted octanol–water partition coefficient (Wildman–Crippen LogP) is 3.35. The minimum Gasteiger partial charge on any atom is -0.381 e. The fourth-order valence-corrected chi connectivity index (χ4v) is 5.05. The Bertz CT molecular complexity index is 1070. The van der Waals surface area contributed by atoms with Crippen LogP contribution < -0.4 is 15.5 Å². The fourth-order valence-electron chi connectivity index (χ4n) is 5.05. The molecule has 8 nitrogen and oxygen atoms in total. The number of aromatic amines is 1. The highest BCUT2D eigenvalue weighted by Gasteiger charge is 2.23. The normalized spacial score (nSPS) is 22.4. The van der Waals surface area contributed by atoms with Gasteiger partial charge in [0.1, 0.15) is 23.6 Å². The van der Waals surface area contributed by atoms with Gasteiger partial charge in [-0.1, -0.05) is 6.07 Å². The molecule has 2 atom stereocenters. The molecule has 0 aliphatic carbocycles. The van der Waals surface area contributed by atoms with Gasteiger partial charge in [0, 0.05) is 44.6 Å². The fraction of sp³-hybridized carbons (Fsp3) is 0.542. The molecule has 2 fully saturated rings. The lowest BCUT2D eigenvalue weighted by Crippen LogP contribution is -2.54. The van der Waals surface area contributed by atoms with E-state index in [2.05, 4.69) is 69.6 Å². The van der Waals surface area contributed by atoms with E-state index in [0.29, 0.717) is 24.5 Å². The highest BCUT2D eigenvalue weighted by atomic mass is 16.5. The summed E-state index contributed by atoms with van der Waals surface area (Å²) in [6.45, 7) is 10.8. The van der Waals surface area contributed by atoms with E-state index >= 15 is 0 Å². The van der Waals surface area contributed by atoms with Crippen molar-refractivity contribution in [3.63, 3.8) is 0 Å². The van der Waals surface area contributed by atoms with Crippen molar-refractivity contribution in [1.29, 1.82) is 0 Å². The minimum atomic E-state index is 0.454. The summed E-state index contributed by atoms with van der Waals surface area (Å²) in [5, 5.41) is 8.25. The summed E-state index contributed by atoms with van der Waals surface area (Å²) >= 11 is 0. The van der Waals surface area contributed by atoms with Gasteiger partial charge in [0.05, 0.1) is 17.6 Å². The lowest BCUT2D eigenvalue weighted by atomic mass is 9.92. The van der Waals surface area contributed by atoms with Crippen LogP contribution in [0.5, 0.6) is 0 Å². The quantitative estimate of drug-likeness (QED) is 0.566. The highest BCUT2D eigenvalue weighted by molar-refractivity contribution is 5.90. The molecule has 5 heterocycles. The Morgan fingerprint density at radius 3 is 2.69 bits per heavy atom. The summed E-state index contributed by atoms with van der Waals surface area (Å²) in [5.74, 6) is 2.39. The van der Waals surface area contributed by atoms with Gasteiger partial charge in [0.2, 0.25) is 0 Å². The zero-order chi connectivity index (χ0) is 22.1. The van der Waals surface area contributed by atoms with E-state index in [1.165, 1.54) is 11.1 Å². The van der Waals surface area contributed by atoms with E-state index in [4.69, 9.17) is 9.72 Å². The number of hydrogen-bond acceptors (Lipinski definition) is 7. The maximum absolute atomic E-state index is 5.56. The number of nitrogens with one attached hydrogen (secondary N) is 3. The number of aryl methyl sites for hydroxylation is 1. The van der Waals surface area contributed by atoms with Crippen molar-refractivity contribution < 1.29 is 4.74 Å². The second-order valence-electron chi connectivity index (χ2n) is 9.24. The van der Waals surface area contributed by atoms with Crippen LogP contribution in [0.3, 0.4) is 0 Å². The van der Waals surface area contributed by atoms with Crippen molar-refractivity contribution in [3.05, 3.63) is 41.5 Å². The van der Waals surface area contributed by atoms with Gasteiger partial charge < -0.3 is 25.3 Å². The minimum absolute atomic E-state index is 0.454. The topological polar surface area (TPSA) is 91.0 Å². The Morgan fingerprint density at radius 1 is 1.12 bits per heavy atom. The van der Waals surface area contributed by atoms with Crippen molar-refractivity contribution in [2.24, 2.45) is 0 Å². The highest BCUT2D eigenvalue weighted by Crippen LogP contribution is 2.34. The molecule has 2 saturated heterocycles. The molecule has 0 bridgehead atoms. The lowest BCUT2D eigenvalue weighted by molar-refractivity contribution is 0.0856. The monoisotopic (exact) mass is 435 g/mol. The van der Waals surface area contributed by atoms with E-state index in [9.17, 15) is 0 Å². The van der Waals surface area contributed by atoms with Crippen molar-refractivity contribution in [1.82, 2.24) is 25.3 Å². The molecule has 3 aromatic rings. The van der Waals surface area contributed by atoms with Crippen LogP contribution in [0.2, 0.25) is 0 Å². The number of hydrogen-bond donors (Lipinski definition) is 3. The van der Waals surface area contributed by atoms with E-state index in [1.807, 2.05) is 0 Å². The molecule has 0 amide bonds. The van der Waals surface area contributed by atoms with Crippen molar-refractivity contribution in [2.45, 2.75) is 58.2 Å². The van der Waals surface area contributed by atoms with Crippen LogP contribution in [0, 0.1) is 6.92 Å². The van der Waals surface area contributed by atoms with E-state index in [-0.39, 0.29) is 0 Å². The molecule has 3 aromatic heterocycles. The van der Waals surface area contributed by atoms with Crippen LogP contribution in [0.15, 0.2) is 24.7 Å². The van der Waals surface area contributed by atoms with Gasteiger partial charge in [-0.05, 0) is 56.7 Å². The second-order valence-corrected chi connectivity index (χ2v) is 9.24. The SMILES string of the molecule is Cc1ccc(N2C[C@@H](C)N[C@@H](C)C2)nc1CNc1ncnc2[nH]cc(C3CCOCC3)c12. The Kier molecular flexibility index (Phi) is 5.97. The molecule has 0 radical (unpaired) electrons. The molecular weight excluding hydrogens is 402 g/mol. The van der Waals surface area contributed by atoms with Crippen molar-refractivity contribution >= 4 is 22.7 Å². The number of piperazine rings is 1. The largest absolute Gasteiger partial charge is 0.381 e. The Balaban J connectivity index is 1.38. The number of ether oxygens (including phenoxy) is 1. The standard InChI is InChI=1S/C24H33N7O/c1-15-4-5-21(31-12-16(2)29-17(3)13-31)30-20(15)11-26-24-22-19(18-6-8-32-9-7-18)10-25-23(22)27-14-28-24/h4-5,10,14,16-18,29H,6-9,11-13H2,1-3H3,(H2,25,26,27,28)/t16-,17+. The van der Waals surface area contributed by atoms with E-state index in [0.717, 1.165) is 67.5 Å². The molecule has 32 heavy (non-hydrogen) atoms. The summed E-state index contributed by atoms with van der Waals surface area (Å²) < 4.78 is 5.56. The maximum Gasteiger partial charge on any atom is 0.143 e. The van der Waals surface area contributed by atoms with Gasteiger partial charge in [-0.3, -0.25) is 0 Å². The van der Waals surface area contributed by atoms with Crippen molar-refractivity contribution in [3.8, 4) is 0 Å².